The third-order valence-electron chi connectivity index (χ3n) is 6.44. The molecule has 3 amide bonds. The van der Waals surface area contributed by atoms with E-state index < -0.39 is 5.60 Å². The first kappa shape index (κ1) is 28.9. The molecule has 0 spiro atoms. The van der Waals surface area contributed by atoms with Crippen molar-refractivity contribution in [3.8, 4) is 21.6 Å². The second kappa shape index (κ2) is 11.6. The third-order valence-corrected chi connectivity index (χ3v) is 7.71. The molecule has 0 aliphatic carbocycles. The molecule has 1 fully saturated rings. The zero-order chi connectivity index (χ0) is 28.4. The molecule has 1 aromatic carbocycles. The van der Waals surface area contributed by atoms with Crippen LogP contribution in [0.3, 0.4) is 0 Å². The number of urea groups is 1. The van der Waals surface area contributed by atoms with E-state index in [0.29, 0.717) is 36.6 Å². The first-order chi connectivity index (χ1) is 18.3. The zero-order valence-corrected chi connectivity index (χ0v) is 25.0. The Labute approximate surface area is 239 Å². The number of carbonyl (C=O) groups is 2. The number of aromatic nitrogens is 1. The van der Waals surface area contributed by atoms with Crippen molar-refractivity contribution in [2.45, 2.75) is 71.4 Å². The van der Waals surface area contributed by atoms with E-state index in [2.05, 4.69) is 53.9 Å². The van der Waals surface area contributed by atoms with Crippen molar-refractivity contribution in [2.24, 2.45) is 0 Å². The Morgan fingerprint density at radius 2 is 1.74 bits per heavy atom. The molecule has 3 aromatic rings. The number of rotatable bonds is 4. The molecule has 2 aromatic heterocycles. The molecule has 1 aliphatic rings. The van der Waals surface area contributed by atoms with Crippen molar-refractivity contribution >= 4 is 40.7 Å². The summed E-state index contributed by atoms with van der Waals surface area (Å²) in [7, 11) is 0. The minimum absolute atomic E-state index is 0.0186. The number of halogens is 1. The molecule has 2 N–H and O–H groups in total. The number of nitrogens with one attached hydrogen (secondary N) is 2. The minimum atomic E-state index is -0.523. The average molecular weight is 569 g/mol. The number of thiophene rings is 1. The predicted molar refractivity (Wildman–Crippen MR) is 160 cm³/mol. The number of likely N-dealkylation sites (tertiary alicyclic amines) is 1. The topological polar surface area (TPSA) is 83.6 Å². The van der Waals surface area contributed by atoms with Gasteiger partial charge >= 0.3 is 12.1 Å². The smallest absolute Gasteiger partial charge is 0.410 e. The molecule has 208 valence electrons. The molecule has 0 radical (unpaired) electrons. The quantitative estimate of drug-likeness (QED) is 0.334. The van der Waals surface area contributed by atoms with Crippen LogP contribution in [0, 0.1) is 0 Å². The van der Waals surface area contributed by atoms with Crippen LogP contribution in [0.2, 0.25) is 5.02 Å². The fraction of sp³-hybridized carbons (Fsp3) is 0.433. The van der Waals surface area contributed by atoms with Crippen molar-refractivity contribution in [2.75, 3.05) is 18.4 Å². The van der Waals surface area contributed by atoms with Gasteiger partial charge in [0.1, 0.15) is 5.60 Å². The van der Waals surface area contributed by atoms with Crippen LogP contribution in [0.5, 0.6) is 0 Å². The summed E-state index contributed by atoms with van der Waals surface area (Å²) in [6.07, 6.45) is 2.88. The second-order valence-electron chi connectivity index (χ2n) is 11.9. The number of carbonyl (C=O) groups excluding carboxylic acids is 2. The predicted octanol–water partition coefficient (Wildman–Crippen LogP) is 7.95. The summed E-state index contributed by atoms with van der Waals surface area (Å²) in [4.78, 5) is 32.2. The van der Waals surface area contributed by atoms with Gasteiger partial charge in [0.15, 0.2) is 0 Å². The molecular formula is C30H37ClN4O3S. The highest BCUT2D eigenvalue weighted by Crippen LogP contribution is 2.38. The Balaban J connectivity index is 1.34. The fourth-order valence-corrected chi connectivity index (χ4v) is 5.62. The van der Waals surface area contributed by atoms with Crippen molar-refractivity contribution in [3.05, 3.63) is 58.7 Å². The van der Waals surface area contributed by atoms with Crippen molar-refractivity contribution in [1.82, 2.24) is 15.2 Å². The summed E-state index contributed by atoms with van der Waals surface area (Å²) in [5, 5.41) is 8.58. The monoisotopic (exact) mass is 568 g/mol. The van der Waals surface area contributed by atoms with Gasteiger partial charge in [-0.2, -0.15) is 0 Å². The van der Waals surface area contributed by atoms with Gasteiger partial charge in [-0.3, -0.25) is 4.98 Å². The van der Waals surface area contributed by atoms with Crippen LogP contribution in [-0.2, 0) is 10.2 Å². The number of hydrogen-bond donors (Lipinski definition) is 2. The van der Waals surface area contributed by atoms with Crippen molar-refractivity contribution in [3.63, 3.8) is 0 Å². The Morgan fingerprint density at radius 1 is 1.03 bits per heavy atom. The van der Waals surface area contributed by atoms with Crippen LogP contribution in [0.15, 0.2) is 48.0 Å². The molecule has 0 unspecified atom stereocenters. The highest BCUT2D eigenvalue weighted by atomic mass is 35.5. The van der Waals surface area contributed by atoms with Gasteiger partial charge in [-0.15, -0.1) is 11.3 Å². The number of amides is 3. The first-order valence-corrected chi connectivity index (χ1v) is 14.4. The minimum Gasteiger partial charge on any atom is -0.444 e. The molecule has 9 heteroatoms. The Bertz CT molecular complexity index is 1330. The molecule has 0 atom stereocenters. The SMILES string of the molecule is CC(C)(C)OC(=O)N1CCC(NC(=O)Nc2ccc(-c3cc(-c4ccnc(C(C)(C)C)c4)cs3)c(Cl)c2)CC1. The lowest BCUT2D eigenvalue weighted by Crippen LogP contribution is -2.48. The van der Waals surface area contributed by atoms with Gasteiger partial charge in [0.2, 0.25) is 0 Å². The summed E-state index contributed by atoms with van der Waals surface area (Å²) in [6, 6.07) is 11.5. The van der Waals surface area contributed by atoms with E-state index in [1.165, 1.54) is 0 Å². The van der Waals surface area contributed by atoms with E-state index in [4.69, 9.17) is 16.3 Å². The first-order valence-electron chi connectivity index (χ1n) is 13.2. The maximum atomic E-state index is 12.6. The number of benzene rings is 1. The third kappa shape index (κ3) is 7.73. The van der Waals surface area contributed by atoms with E-state index in [0.717, 1.165) is 27.3 Å². The maximum absolute atomic E-state index is 12.6. The molecule has 3 heterocycles. The fourth-order valence-electron chi connectivity index (χ4n) is 4.33. The summed E-state index contributed by atoms with van der Waals surface area (Å²) in [5.74, 6) is 0. The lowest BCUT2D eigenvalue weighted by atomic mass is 9.90. The Kier molecular flexibility index (Phi) is 8.57. The molecule has 39 heavy (non-hydrogen) atoms. The summed E-state index contributed by atoms with van der Waals surface area (Å²) >= 11 is 8.28. The average Bonchev–Trinajstić information content (AvgIpc) is 3.33. The van der Waals surface area contributed by atoms with Crippen molar-refractivity contribution < 1.29 is 14.3 Å². The van der Waals surface area contributed by atoms with Crippen LogP contribution < -0.4 is 10.6 Å². The van der Waals surface area contributed by atoms with E-state index >= 15 is 0 Å². The summed E-state index contributed by atoms with van der Waals surface area (Å²) in [5.41, 5.74) is 4.29. The zero-order valence-electron chi connectivity index (χ0n) is 23.4. The number of hydrogen-bond acceptors (Lipinski definition) is 5. The molecule has 0 saturated carbocycles. The van der Waals surface area contributed by atoms with E-state index in [9.17, 15) is 9.59 Å². The van der Waals surface area contributed by atoms with Gasteiger partial charge < -0.3 is 20.3 Å². The van der Waals surface area contributed by atoms with Gasteiger partial charge in [-0.1, -0.05) is 32.4 Å². The molecular weight excluding hydrogens is 532 g/mol. The lowest BCUT2D eigenvalue weighted by molar-refractivity contribution is 0.0202. The lowest BCUT2D eigenvalue weighted by Gasteiger charge is -2.33. The number of ether oxygens (including phenoxy) is 1. The highest BCUT2D eigenvalue weighted by molar-refractivity contribution is 7.14. The number of nitrogens with zero attached hydrogens (tertiary/aromatic N) is 2. The summed E-state index contributed by atoms with van der Waals surface area (Å²) < 4.78 is 5.44. The van der Waals surface area contributed by atoms with E-state index in [-0.39, 0.29) is 23.6 Å². The van der Waals surface area contributed by atoms with Crippen LogP contribution in [0.25, 0.3) is 21.6 Å². The molecule has 4 rings (SSSR count). The molecule has 1 aliphatic heterocycles. The van der Waals surface area contributed by atoms with Gasteiger partial charge in [-0.25, -0.2) is 9.59 Å². The Morgan fingerprint density at radius 3 is 2.38 bits per heavy atom. The van der Waals surface area contributed by atoms with Crippen LogP contribution in [0.4, 0.5) is 15.3 Å². The Hall–Kier alpha value is -3.10. The second-order valence-corrected chi connectivity index (χ2v) is 13.2. The van der Waals surface area contributed by atoms with Crippen LogP contribution in [-0.4, -0.2) is 46.7 Å². The van der Waals surface area contributed by atoms with Crippen molar-refractivity contribution in [1.29, 1.82) is 0 Å². The normalized spacial score (nSPS) is 14.7. The van der Waals surface area contributed by atoms with Gasteiger partial charge in [0.05, 0.1) is 5.02 Å². The number of piperidine rings is 1. The summed E-state index contributed by atoms with van der Waals surface area (Å²) in [6.45, 7) is 13.1. The molecule has 1 saturated heterocycles. The number of anilines is 1. The highest BCUT2D eigenvalue weighted by Gasteiger charge is 2.27. The number of pyridine rings is 1. The van der Waals surface area contributed by atoms with Gasteiger partial charge in [0, 0.05) is 52.6 Å². The molecule has 0 bridgehead atoms. The standard InChI is InChI=1S/C30H37ClN4O3S/c1-29(2,3)26-16-19(9-12-32-26)20-15-25(39-18-20)23-8-7-22(17-24(23)31)34-27(36)33-21-10-13-35(14-11-21)28(37)38-30(4,5)6/h7-9,12,15-18,21H,10-11,13-14H2,1-6H3,(H2,33,34,36). The maximum Gasteiger partial charge on any atom is 0.410 e. The molecule has 7 nitrogen and oxygen atoms in total. The van der Waals surface area contributed by atoms with Gasteiger partial charge in [-0.05, 0) is 86.5 Å². The van der Waals surface area contributed by atoms with Crippen LogP contribution >= 0.6 is 22.9 Å². The van der Waals surface area contributed by atoms with Crippen LogP contribution in [0.1, 0.15) is 60.1 Å². The van der Waals surface area contributed by atoms with E-state index in [1.807, 2.05) is 45.2 Å². The largest absolute Gasteiger partial charge is 0.444 e. The van der Waals surface area contributed by atoms with Gasteiger partial charge in [0.25, 0.3) is 0 Å². The van der Waals surface area contributed by atoms with E-state index in [1.54, 1.807) is 22.3 Å².